The topological polar surface area (TPSA) is 73.8 Å². The lowest BCUT2D eigenvalue weighted by Crippen LogP contribution is -2.50. The third kappa shape index (κ3) is 3.41. The summed E-state index contributed by atoms with van der Waals surface area (Å²) in [5.74, 6) is -1.18. The summed E-state index contributed by atoms with van der Waals surface area (Å²) >= 11 is 0. The molecule has 160 valence electrons. The van der Waals surface area contributed by atoms with Crippen LogP contribution in [0.5, 0.6) is 0 Å². The minimum absolute atomic E-state index is 0.272. The molecule has 2 atom stereocenters. The van der Waals surface area contributed by atoms with E-state index in [1.807, 2.05) is 30.3 Å². The molecule has 6 nitrogen and oxygen atoms in total. The second kappa shape index (κ2) is 7.92. The van der Waals surface area contributed by atoms with Gasteiger partial charge in [-0.3, -0.25) is 9.59 Å². The number of likely N-dealkylation sites (N-methyl/N-ethyl adjacent to an activating group) is 1. The maximum atomic E-state index is 14.7. The molecule has 0 fully saturated rings. The van der Waals surface area contributed by atoms with Crippen LogP contribution >= 0.6 is 0 Å². The van der Waals surface area contributed by atoms with Gasteiger partial charge in [0.25, 0.3) is 5.91 Å². The number of fused-ring (bicyclic) bond motifs is 2. The summed E-state index contributed by atoms with van der Waals surface area (Å²) in [6.07, 6.45) is -0.664. The van der Waals surface area contributed by atoms with Crippen molar-refractivity contribution in [3.63, 3.8) is 0 Å². The van der Waals surface area contributed by atoms with Crippen LogP contribution in [0.4, 0.5) is 15.8 Å². The molecule has 0 saturated heterocycles. The molecule has 0 aliphatic carbocycles. The standard InChI is InChI=1S/C25H21FN4O2/c1-30-21-13-7-4-10-17(21)22(16-9-3-5-11-18(16)26)28-23(25(30)32)29-24(31)20-14-15-8-2-6-12-19(15)27-20/h2-13,20,23,27H,14H2,1H3,(H,29,31)/t20-,23?/m0/s1. The summed E-state index contributed by atoms with van der Waals surface area (Å²) in [6, 6.07) is 20.7. The first-order chi connectivity index (χ1) is 15.5. The average molecular weight is 428 g/mol. The number of carbonyl (C=O) groups is 2. The number of benzene rings is 3. The molecular formula is C25H21FN4O2. The van der Waals surface area contributed by atoms with Crippen molar-refractivity contribution < 1.29 is 14.0 Å². The number of hydrogen-bond donors (Lipinski definition) is 2. The Morgan fingerprint density at radius 2 is 1.72 bits per heavy atom. The summed E-state index contributed by atoms with van der Waals surface area (Å²) in [4.78, 5) is 32.3. The molecule has 2 aliphatic heterocycles. The van der Waals surface area contributed by atoms with Gasteiger partial charge >= 0.3 is 0 Å². The molecule has 3 aromatic carbocycles. The van der Waals surface area contributed by atoms with E-state index in [9.17, 15) is 14.0 Å². The van der Waals surface area contributed by atoms with E-state index in [4.69, 9.17) is 0 Å². The van der Waals surface area contributed by atoms with Gasteiger partial charge in [-0.05, 0) is 29.8 Å². The monoisotopic (exact) mass is 428 g/mol. The number of halogens is 1. The third-order valence-electron chi connectivity index (χ3n) is 5.84. The zero-order chi connectivity index (χ0) is 22.2. The zero-order valence-electron chi connectivity index (χ0n) is 17.4. The van der Waals surface area contributed by atoms with Crippen molar-refractivity contribution in [2.45, 2.75) is 18.6 Å². The fourth-order valence-corrected chi connectivity index (χ4v) is 4.18. The molecule has 2 amide bonds. The first-order valence-electron chi connectivity index (χ1n) is 10.4. The molecule has 0 bridgehead atoms. The SMILES string of the molecule is CN1C(=O)C(NC(=O)[C@@H]2Cc3ccccc3N2)N=C(c2ccccc2F)c2ccccc21. The van der Waals surface area contributed by atoms with E-state index in [2.05, 4.69) is 15.6 Å². The maximum absolute atomic E-state index is 14.7. The number of para-hydroxylation sites is 2. The fourth-order valence-electron chi connectivity index (χ4n) is 4.18. The first-order valence-corrected chi connectivity index (χ1v) is 10.4. The largest absolute Gasteiger partial charge is 0.373 e. The lowest BCUT2D eigenvalue weighted by Gasteiger charge is -2.22. The molecule has 2 aliphatic rings. The zero-order valence-corrected chi connectivity index (χ0v) is 17.4. The van der Waals surface area contributed by atoms with Gasteiger partial charge in [0.2, 0.25) is 12.1 Å². The van der Waals surface area contributed by atoms with Crippen molar-refractivity contribution >= 4 is 28.9 Å². The second-order valence-electron chi connectivity index (χ2n) is 7.84. The van der Waals surface area contributed by atoms with E-state index in [-0.39, 0.29) is 11.5 Å². The summed E-state index contributed by atoms with van der Waals surface area (Å²) in [5, 5.41) is 5.96. The molecule has 0 aromatic heterocycles. The van der Waals surface area contributed by atoms with Crippen LogP contribution in [0, 0.1) is 5.82 Å². The van der Waals surface area contributed by atoms with Gasteiger partial charge in [0.15, 0.2) is 0 Å². The van der Waals surface area contributed by atoms with Crippen LogP contribution in [0.1, 0.15) is 16.7 Å². The molecule has 0 radical (unpaired) electrons. The summed E-state index contributed by atoms with van der Waals surface area (Å²) in [7, 11) is 1.63. The number of amides is 2. The van der Waals surface area contributed by atoms with E-state index >= 15 is 0 Å². The Hall–Kier alpha value is -4.00. The molecule has 3 aromatic rings. The van der Waals surface area contributed by atoms with Crippen molar-refractivity contribution in [2.24, 2.45) is 4.99 Å². The lowest BCUT2D eigenvalue weighted by atomic mass is 10.00. The average Bonchev–Trinajstić information content (AvgIpc) is 3.22. The van der Waals surface area contributed by atoms with Crippen LogP contribution in [-0.4, -0.2) is 36.8 Å². The predicted octanol–water partition coefficient (Wildman–Crippen LogP) is 3.12. The predicted molar refractivity (Wildman–Crippen MR) is 121 cm³/mol. The van der Waals surface area contributed by atoms with E-state index < -0.39 is 23.9 Å². The Bertz CT molecular complexity index is 1230. The molecular weight excluding hydrogens is 407 g/mol. The number of nitrogens with one attached hydrogen (secondary N) is 2. The summed E-state index contributed by atoms with van der Waals surface area (Å²) < 4.78 is 14.7. The van der Waals surface area contributed by atoms with Gasteiger partial charge in [-0.2, -0.15) is 0 Å². The van der Waals surface area contributed by atoms with E-state index in [0.717, 1.165) is 11.3 Å². The smallest absolute Gasteiger partial charge is 0.272 e. The van der Waals surface area contributed by atoms with Crippen LogP contribution in [0.15, 0.2) is 77.8 Å². The number of aliphatic imine (C=N–C) groups is 1. The third-order valence-corrected chi connectivity index (χ3v) is 5.84. The number of nitrogens with zero attached hydrogens (tertiary/aromatic N) is 2. The van der Waals surface area contributed by atoms with Gasteiger partial charge in [-0.25, -0.2) is 9.38 Å². The highest BCUT2D eigenvalue weighted by molar-refractivity contribution is 6.20. The summed E-state index contributed by atoms with van der Waals surface area (Å²) in [6.45, 7) is 0. The van der Waals surface area contributed by atoms with Gasteiger partial charge in [0, 0.05) is 30.3 Å². The van der Waals surface area contributed by atoms with E-state index in [1.165, 1.54) is 11.0 Å². The van der Waals surface area contributed by atoms with Gasteiger partial charge in [0.05, 0.1) is 11.4 Å². The van der Waals surface area contributed by atoms with Crippen molar-refractivity contribution in [1.29, 1.82) is 0 Å². The molecule has 1 unspecified atom stereocenters. The normalized spacial score (nSPS) is 19.4. The molecule has 0 saturated carbocycles. The van der Waals surface area contributed by atoms with Gasteiger partial charge in [-0.15, -0.1) is 0 Å². The van der Waals surface area contributed by atoms with Crippen LogP contribution in [-0.2, 0) is 16.0 Å². The molecule has 5 rings (SSSR count). The van der Waals surface area contributed by atoms with Gasteiger partial charge in [0.1, 0.15) is 11.9 Å². The van der Waals surface area contributed by atoms with Gasteiger partial charge < -0.3 is 15.5 Å². The quantitative estimate of drug-likeness (QED) is 0.673. The Morgan fingerprint density at radius 1 is 1.03 bits per heavy atom. The fraction of sp³-hybridized carbons (Fsp3) is 0.160. The second-order valence-corrected chi connectivity index (χ2v) is 7.84. The number of rotatable bonds is 3. The van der Waals surface area contributed by atoms with Crippen LogP contribution in [0.25, 0.3) is 0 Å². The minimum Gasteiger partial charge on any atom is -0.373 e. The summed E-state index contributed by atoms with van der Waals surface area (Å²) in [5.41, 5.74) is 3.76. The molecule has 0 spiro atoms. The number of anilines is 2. The molecule has 7 heteroatoms. The van der Waals surface area contributed by atoms with Crippen LogP contribution in [0.3, 0.4) is 0 Å². The maximum Gasteiger partial charge on any atom is 0.272 e. The van der Waals surface area contributed by atoms with Crippen LogP contribution < -0.4 is 15.5 Å². The Kier molecular flexibility index (Phi) is 4.93. The first kappa shape index (κ1) is 19.9. The van der Waals surface area contributed by atoms with E-state index in [1.54, 1.807) is 43.4 Å². The van der Waals surface area contributed by atoms with Crippen molar-refractivity contribution in [3.8, 4) is 0 Å². The Morgan fingerprint density at radius 3 is 2.50 bits per heavy atom. The lowest BCUT2D eigenvalue weighted by molar-refractivity contribution is -0.127. The molecule has 32 heavy (non-hydrogen) atoms. The van der Waals surface area contributed by atoms with Crippen LogP contribution in [0.2, 0.25) is 0 Å². The number of benzodiazepines with no additional fused rings is 1. The number of hydrogen-bond acceptors (Lipinski definition) is 4. The molecule has 2 heterocycles. The Balaban J connectivity index is 1.51. The van der Waals surface area contributed by atoms with Gasteiger partial charge in [-0.1, -0.05) is 48.5 Å². The molecule has 2 N–H and O–H groups in total. The van der Waals surface area contributed by atoms with Crippen molar-refractivity contribution in [1.82, 2.24) is 5.32 Å². The Labute approximate surface area is 184 Å². The van der Waals surface area contributed by atoms with Crippen molar-refractivity contribution in [2.75, 3.05) is 17.3 Å². The van der Waals surface area contributed by atoms with E-state index in [0.29, 0.717) is 23.4 Å². The number of carbonyl (C=O) groups excluding carboxylic acids is 2. The minimum atomic E-state index is -1.18. The highest BCUT2D eigenvalue weighted by atomic mass is 19.1. The highest BCUT2D eigenvalue weighted by Gasteiger charge is 2.34. The van der Waals surface area contributed by atoms with Crippen molar-refractivity contribution in [3.05, 3.63) is 95.3 Å². The highest BCUT2D eigenvalue weighted by Crippen LogP contribution is 2.29.